The lowest BCUT2D eigenvalue weighted by molar-refractivity contribution is 0.0695. The van der Waals surface area contributed by atoms with Crippen molar-refractivity contribution in [1.29, 1.82) is 0 Å². The number of carbonyl (C=O) groups excluding carboxylic acids is 1. The molecule has 0 unspecified atom stereocenters. The van der Waals surface area contributed by atoms with Crippen LogP contribution in [0, 0.1) is 0 Å². The Morgan fingerprint density at radius 3 is 2.61 bits per heavy atom. The maximum atomic E-state index is 13.0. The van der Waals surface area contributed by atoms with Gasteiger partial charge in [-0.05, 0) is 59.7 Å². The van der Waals surface area contributed by atoms with E-state index in [-0.39, 0.29) is 16.4 Å². The standard InChI is InChI=1S/C23H18N4O5S/c28-22(20-11-14-4-2-8-24-21(14)25-20)27-12-16-6-7-18(9-17(16)13-27)26-33(31,32)19-5-1-3-15(10-19)23(29)30/h1-11,26H,12-13H2,(H,24,25)(H,29,30). The van der Waals surface area contributed by atoms with E-state index in [9.17, 15) is 18.0 Å². The van der Waals surface area contributed by atoms with Gasteiger partial charge in [-0.25, -0.2) is 18.2 Å². The van der Waals surface area contributed by atoms with Crippen LogP contribution in [0.3, 0.4) is 0 Å². The molecule has 9 nitrogen and oxygen atoms in total. The summed E-state index contributed by atoms with van der Waals surface area (Å²) in [6, 6.07) is 15.7. The number of carbonyl (C=O) groups is 2. The summed E-state index contributed by atoms with van der Waals surface area (Å²) in [7, 11) is -3.98. The van der Waals surface area contributed by atoms with Crippen LogP contribution < -0.4 is 4.72 Å². The van der Waals surface area contributed by atoms with E-state index in [1.807, 2.05) is 6.07 Å². The number of hydrogen-bond donors (Lipinski definition) is 3. The van der Waals surface area contributed by atoms with Crippen molar-refractivity contribution in [3.63, 3.8) is 0 Å². The lowest BCUT2D eigenvalue weighted by atomic mass is 10.1. The highest BCUT2D eigenvalue weighted by Gasteiger charge is 2.26. The van der Waals surface area contributed by atoms with E-state index >= 15 is 0 Å². The summed E-state index contributed by atoms with van der Waals surface area (Å²) in [5.41, 5.74) is 3.05. The number of amides is 1. The molecule has 0 spiro atoms. The molecule has 0 fully saturated rings. The van der Waals surface area contributed by atoms with Crippen molar-refractivity contribution in [2.45, 2.75) is 18.0 Å². The molecule has 0 saturated heterocycles. The van der Waals surface area contributed by atoms with Crippen LogP contribution in [-0.2, 0) is 23.1 Å². The first kappa shape index (κ1) is 20.7. The van der Waals surface area contributed by atoms with Crippen LogP contribution in [0.25, 0.3) is 11.0 Å². The van der Waals surface area contributed by atoms with Gasteiger partial charge in [0.1, 0.15) is 11.3 Å². The van der Waals surface area contributed by atoms with Gasteiger partial charge in [-0.3, -0.25) is 9.52 Å². The molecule has 2 aromatic heterocycles. The minimum absolute atomic E-state index is 0.117. The van der Waals surface area contributed by atoms with Gasteiger partial charge < -0.3 is 15.0 Å². The number of nitrogens with one attached hydrogen (secondary N) is 2. The van der Waals surface area contributed by atoms with Crippen LogP contribution in [-0.4, -0.2) is 40.3 Å². The number of anilines is 1. The summed E-state index contributed by atoms with van der Waals surface area (Å²) < 4.78 is 28.0. The molecular formula is C23H18N4O5S. The highest BCUT2D eigenvalue weighted by molar-refractivity contribution is 7.92. The molecule has 3 heterocycles. The Morgan fingerprint density at radius 2 is 1.82 bits per heavy atom. The van der Waals surface area contributed by atoms with Gasteiger partial charge in [0.25, 0.3) is 15.9 Å². The normalized spacial score (nSPS) is 13.2. The summed E-state index contributed by atoms with van der Waals surface area (Å²) in [4.78, 5) is 32.9. The van der Waals surface area contributed by atoms with Crippen LogP contribution in [0.15, 0.2) is 71.8 Å². The van der Waals surface area contributed by atoms with Gasteiger partial charge in [-0.1, -0.05) is 12.1 Å². The molecule has 1 amide bonds. The summed E-state index contributed by atoms with van der Waals surface area (Å²) in [5, 5.41) is 9.96. The number of carboxylic acid groups (broad SMARTS) is 1. The van der Waals surface area contributed by atoms with Crippen LogP contribution in [0.4, 0.5) is 5.69 Å². The van der Waals surface area contributed by atoms with Crippen molar-refractivity contribution in [2.75, 3.05) is 4.72 Å². The van der Waals surface area contributed by atoms with Crippen LogP contribution >= 0.6 is 0 Å². The van der Waals surface area contributed by atoms with Gasteiger partial charge in [0, 0.05) is 30.4 Å². The third-order valence-electron chi connectivity index (χ3n) is 5.48. The number of rotatable bonds is 5. The molecule has 1 aliphatic rings. The van der Waals surface area contributed by atoms with E-state index in [1.54, 1.807) is 41.4 Å². The number of aromatic amines is 1. The van der Waals surface area contributed by atoms with E-state index < -0.39 is 16.0 Å². The van der Waals surface area contributed by atoms with Gasteiger partial charge in [0.15, 0.2) is 0 Å². The Bertz CT molecular complexity index is 1490. The number of hydrogen-bond acceptors (Lipinski definition) is 5. The SMILES string of the molecule is O=C(O)c1cccc(S(=O)(=O)Nc2ccc3c(c2)CN(C(=O)c2cc4cccnc4[nH]2)C3)c1. The first-order chi connectivity index (χ1) is 15.8. The monoisotopic (exact) mass is 462 g/mol. The summed E-state index contributed by atoms with van der Waals surface area (Å²) >= 11 is 0. The summed E-state index contributed by atoms with van der Waals surface area (Å²) in [6.45, 7) is 0.742. The van der Waals surface area contributed by atoms with E-state index in [0.29, 0.717) is 30.1 Å². The Kier molecular flexibility index (Phi) is 4.86. The number of nitrogens with zero attached hydrogens (tertiary/aromatic N) is 2. The van der Waals surface area contributed by atoms with Crippen molar-refractivity contribution in [3.05, 3.63) is 89.2 Å². The maximum Gasteiger partial charge on any atom is 0.335 e. The number of sulfonamides is 1. The van der Waals surface area contributed by atoms with Crippen LogP contribution in [0.5, 0.6) is 0 Å². The Labute approximate surface area is 188 Å². The molecule has 0 saturated carbocycles. The zero-order valence-corrected chi connectivity index (χ0v) is 18.0. The summed E-state index contributed by atoms with van der Waals surface area (Å²) in [6.07, 6.45) is 1.65. The van der Waals surface area contributed by atoms with Gasteiger partial charge in [0.2, 0.25) is 0 Å². The fraction of sp³-hybridized carbons (Fsp3) is 0.0870. The number of benzene rings is 2. The molecule has 33 heavy (non-hydrogen) atoms. The number of fused-ring (bicyclic) bond motifs is 2. The fourth-order valence-electron chi connectivity index (χ4n) is 3.86. The van der Waals surface area contributed by atoms with Crippen molar-refractivity contribution in [2.24, 2.45) is 0 Å². The Morgan fingerprint density at radius 1 is 1.00 bits per heavy atom. The van der Waals surface area contributed by atoms with Crippen molar-refractivity contribution >= 4 is 38.6 Å². The van der Waals surface area contributed by atoms with Gasteiger partial charge in [-0.15, -0.1) is 0 Å². The first-order valence-electron chi connectivity index (χ1n) is 10.0. The second kappa shape index (κ2) is 7.75. The number of H-pyrrole nitrogens is 1. The highest BCUT2D eigenvalue weighted by atomic mass is 32.2. The topological polar surface area (TPSA) is 132 Å². The number of carboxylic acids is 1. The maximum absolute atomic E-state index is 13.0. The molecule has 166 valence electrons. The predicted octanol–water partition coefficient (Wildman–Crippen LogP) is 3.22. The Balaban J connectivity index is 1.35. The molecule has 2 aromatic carbocycles. The smallest absolute Gasteiger partial charge is 0.335 e. The average Bonchev–Trinajstić information content (AvgIpc) is 3.42. The lowest BCUT2D eigenvalue weighted by Gasteiger charge is -2.13. The van der Waals surface area contributed by atoms with Crippen LogP contribution in [0.1, 0.15) is 32.0 Å². The zero-order chi connectivity index (χ0) is 23.2. The Hall–Kier alpha value is -4.18. The van der Waals surface area contributed by atoms with E-state index in [4.69, 9.17) is 5.11 Å². The predicted molar refractivity (Wildman–Crippen MR) is 120 cm³/mol. The average molecular weight is 462 g/mol. The molecule has 0 radical (unpaired) electrons. The van der Waals surface area contributed by atoms with Crippen molar-refractivity contribution in [1.82, 2.24) is 14.9 Å². The second-order valence-corrected chi connectivity index (χ2v) is 9.39. The van der Waals surface area contributed by atoms with Crippen molar-refractivity contribution < 1.29 is 23.1 Å². The quantitative estimate of drug-likeness (QED) is 0.417. The van der Waals surface area contributed by atoms with E-state index in [1.165, 1.54) is 18.2 Å². The largest absolute Gasteiger partial charge is 0.478 e. The van der Waals surface area contributed by atoms with Crippen molar-refractivity contribution in [3.8, 4) is 0 Å². The van der Waals surface area contributed by atoms with Gasteiger partial charge in [0.05, 0.1) is 10.5 Å². The molecule has 0 atom stereocenters. The fourth-order valence-corrected chi connectivity index (χ4v) is 4.95. The molecule has 0 aliphatic carbocycles. The lowest BCUT2D eigenvalue weighted by Crippen LogP contribution is -2.25. The third-order valence-corrected chi connectivity index (χ3v) is 6.86. The second-order valence-electron chi connectivity index (χ2n) is 7.71. The summed E-state index contributed by atoms with van der Waals surface area (Å²) in [5.74, 6) is -1.38. The molecule has 10 heteroatoms. The van der Waals surface area contributed by atoms with E-state index in [2.05, 4.69) is 14.7 Å². The first-order valence-corrected chi connectivity index (χ1v) is 11.5. The number of aromatic carboxylic acids is 1. The van der Waals surface area contributed by atoms with E-state index in [0.717, 1.165) is 22.6 Å². The molecule has 0 bridgehead atoms. The third kappa shape index (κ3) is 3.92. The molecular weight excluding hydrogens is 444 g/mol. The highest BCUT2D eigenvalue weighted by Crippen LogP contribution is 2.28. The van der Waals surface area contributed by atoms with Gasteiger partial charge in [-0.2, -0.15) is 0 Å². The number of aromatic nitrogens is 2. The minimum atomic E-state index is -3.98. The zero-order valence-electron chi connectivity index (χ0n) is 17.1. The molecule has 3 N–H and O–H groups in total. The molecule has 4 aromatic rings. The minimum Gasteiger partial charge on any atom is -0.478 e. The molecule has 5 rings (SSSR count). The van der Waals surface area contributed by atoms with Gasteiger partial charge >= 0.3 is 5.97 Å². The molecule has 1 aliphatic heterocycles. The number of pyridine rings is 1. The van der Waals surface area contributed by atoms with Crippen LogP contribution in [0.2, 0.25) is 0 Å².